The van der Waals surface area contributed by atoms with E-state index in [9.17, 15) is 22.4 Å². The molecule has 1 fully saturated rings. The van der Waals surface area contributed by atoms with Crippen LogP contribution in [-0.2, 0) is 20.0 Å². The number of nitrogens with one attached hydrogen (secondary N) is 1. The van der Waals surface area contributed by atoms with Crippen molar-refractivity contribution < 1.29 is 31.5 Å². The van der Waals surface area contributed by atoms with Gasteiger partial charge in [-0.15, -0.1) is 0 Å². The van der Waals surface area contributed by atoms with E-state index in [4.69, 9.17) is 4.74 Å². The summed E-state index contributed by atoms with van der Waals surface area (Å²) in [6.45, 7) is 6.89. The van der Waals surface area contributed by atoms with Crippen LogP contribution in [0.4, 0.5) is 20.2 Å². The number of ether oxygens (including phenoxy) is 1. The first-order chi connectivity index (χ1) is 16.3. The second-order valence-corrected chi connectivity index (χ2v) is 12.0. The number of aromatic nitrogens is 1. The SMILES string of the molecule is CCOc1cc(N2C(=O)C(C)(C)c3cc(C(=O)NC4(C)CCS(=O)(=O)CC4)cc(F)c32)c(F)cn1. The molecule has 0 aliphatic carbocycles. The zero-order valence-corrected chi connectivity index (χ0v) is 20.8. The van der Waals surface area contributed by atoms with Crippen molar-refractivity contribution in [3.05, 3.63) is 47.2 Å². The number of fused-ring (bicyclic) bond motifs is 1. The molecule has 2 aromatic rings. The lowest BCUT2D eigenvalue weighted by atomic mass is 9.85. The van der Waals surface area contributed by atoms with E-state index in [1.54, 1.807) is 27.7 Å². The standard InChI is InChI=1S/C24H27F2N3O5S/c1-5-34-19-12-18(17(26)13-27-19)29-20-15(23(2,3)22(29)31)10-14(11-16(20)25)21(30)28-24(4)6-8-35(32,33)9-7-24/h10-13H,5-9H2,1-4H3,(H,28,30). The van der Waals surface area contributed by atoms with Crippen molar-refractivity contribution in [2.75, 3.05) is 23.0 Å². The van der Waals surface area contributed by atoms with Gasteiger partial charge in [-0.1, -0.05) is 0 Å². The minimum atomic E-state index is -3.13. The molecule has 0 radical (unpaired) electrons. The predicted octanol–water partition coefficient (Wildman–Crippen LogP) is 3.41. The van der Waals surface area contributed by atoms with Crippen molar-refractivity contribution in [3.63, 3.8) is 0 Å². The molecular weight excluding hydrogens is 480 g/mol. The molecule has 0 atom stereocenters. The van der Waals surface area contributed by atoms with E-state index in [0.717, 1.165) is 17.2 Å². The Morgan fingerprint density at radius 3 is 2.43 bits per heavy atom. The molecule has 0 spiro atoms. The number of hydrogen-bond acceptors (Lipinski definition) is 6. The van der Waals surface area contributed by atoms with E-state index in [1.165, 1.54) is 12.1 Å². The van der Waals surface area contributed by atoms with E-state index in [2.05, 4.69) is 10.3 Å². The van der Waals surface area contributed by atoms with Crippen LogP contribution in [-0.4, -0.2) is 48.9 Å². The number of halogens is 2. The van der Waals surface area contributed by atoms with Gasteiger partial charge < -0.3 is 10.1 Å². The number of hydrogen-bond donors (Lipinski definition) is 1. The lowest BCUT2D eigenvalue weighted by Crippen LogP contribution is -2.51. The van der Waals surface area contributed by atoms with Crippen LogP contribution in [0.2, 0.25) is 0 Å². The summed E-state index contributed by atoms with van der Waals surface area (Å²) in [5, 5.41) is 2.83. The molecule has 0 unspecified atom stereocenters. The summed E-state index contributed by atoms with van der Waals surface area (Å²) in [5.74, 6) is -2.84. The fourth-order valence-corrected chi connectivity index (χ4v) is 6.15. The minimum absolute atomic E-state index is 0.0103. The smallest absolute Gasteiger partial charge is 0.251 e. The average Bonchev–Trinajstić information content (AvgIpc) is 2.98. The fraction of sp³-hybridized carbons (Fsp3) is 0.458. The molecule has 188 valence electrons. The number of nitrogens with zero attached hydrogens (tertiary/aromatic N) is 2. The molecule has 35 heavy (non-hydrogen) atoms. The summed E-state index contributed by atoms with van der Waals surface area (Å²) in [5.41, 5.74) is -2.13. The highest BCUT2D eigenvalue weighted by Crippen LogP contribution is 2.48. The third-order valence-electron chi connectivity index (χ3n) is 6.65. The van der Waals surface area contributed by atoms with Gasteiger partial charge in [0.05, 0.1) is 41.1 Å². The second-order valence-electron chi connectivity index (χ2n) is 9.69. The third-order valence-corrected chi connectivity index (χ3v) is 8.30. The van der Waals surface area contributed by atoms with Gasteiger partial charge in [0, 0.05) is 17.2 Å². The molecule has 0 bridgehead atoms. The summed E-state index contributed by atoms with van der Waals surface area (Å²) in [4.78, 5) is 31.2. The molecule has 1 N–H and O–H groups in total. The first kappa shape index (κ1) is 25.0. The van der Waals surface area contributed by atoms with E-state index < -0.39 is 44.2 Å². The summed E-state index contributed by atoms with van der Waals surface area (Å²) in [7, 11) is -3.13. The van der Waals surface area contributed by atoms with Crippen molar-refractivity contribution in [2.24, 2.45) is 0 Å². The summed E-state index contributed by atoms with van der Waals surface area (Å²) < 4.78 is 59.1. The van der Waals surface area contributed by atoms with E-state index >= 15 is 4.39 Å². The third kappa shape index (κ3) is 4.49. The monoisotopic (exact) mass is 507 g/mol. The maximum absolute atomic E-state index is 15.5. The zero-order valence-electron chi connectivity index (χ0n) is 19.9. The molecule has 4 rings (SSSR count). The molecule has 1 aromatic carbocycles. The number of amides is 2. The van der Waals surface area contributed by atoms with Crippen molar-refractivity contribution in [2.45, 2.75) is 51.5 Å². The molecule has 3 heterocycles. The maximum atomic E-state index is 15.5. The lowest BCUT2D eigenvalue weighted by molar-refractivity contribution is -0.121. The Labute approximate surface area is 202 Å². The van der Waals surface area contributed by atoms with Crippen molar-refractivity contribution in [1.29, 1.82) is 0 Å². The highest BCUT2D eigenvalue weighted by molar-refractivity contribution is 7.91. The Kier molecular flexibility index (Phi) is 6.11. The topological polar surface area (TPSA) is 106 Å². The molecule has 2 aliphatic rings. The average molecular weight is 508 g/mol. The molecule has 1 saturated heterocycles. The number of sulfone groups is 1. The van der Waals surface area contributed by atoms with Crippen LogP contribution in [0.5, 0.6) is 5.88 Å². The van der Waals surface area contributed by atoms with Gasteiger partial charge >= 0.3 is 0 Å². The van der Waals surface area contributed by atoms with Gasteiger partial charge in [-0.05, 0) is 58.2 Å². The Morgan fingerprint density at radius 1 is 1.14 bits per heavy atom. The highest BCUT2D eigenvalue weighted by atomic mass is 32.2. The summed E-state index contributed by atoms with van der Waals surface area (Å²) >= 11 is 0. The Hall–Kier alpha value is -3.08. The number of pyridine rings is 1. The van der Waals surface area contributed by atoms with Gasteiger partial charge in [0.2, 0.25) is 11.8 Å². The Balaban J connectivity index is 1.72. The fourth-order valence-electron chi connectivity index (χ4n) is 4.43. The van der Waals surface area contributed by atoms with Crippen molar-refractivity contribution >= 4 is 33.0 Å². The molecule has 1 aromatic heterocycles. The van der Waals surface area contributed by atoms with Crippen molar-refractivity contribution in [3.8, 4) is 5.88 Å². The first-order valence-electron chi connectivity index (χ1n) is 11.3. The van der Waals surface area contributed by atoms with Crippen LogP contribution in [0.25, 0.3) is 0 Å². The van der Waals surface area contributed by atoms with Crippen LogP contribution in [0, 0.1) is 11.6 Å². The van der Waals surface area contributed by atoms with Crippen LogP contribution in [0.1, 0.15) is 56.5 Å². The number of benzene rings is 1. The summed E-state index contributed by atoms with van der Waals surface area (Å²) in [6, 6.07) is 3.67. The molecule has 11 heteroatoms. The van der Waals surface area contributed by atoms with Gasteiger partial charge in [-0.3, -0.25) is 14.5 Å². The predicted molar refractivity (Wildman–Crippen MR) is 126 cm³/mol. The van der Waals surface area contributed by atoms with Crippen LogP contribution in [0.3, 0.4) is 0 Å². The number of carbonyl (C=O) groups excluding carboxylic acids is 2. The minimum Gasteiger partial charge on any atom is -0.478 e. The summed E-state index contributed by atoms with van der Waals surface area (Å²) in [6.07, 6.45) is 1.40. The molecule has 0 saturated carbocycles. The quantitative estimate of drug-likeness (QED) is 0.665. The molecular formula is C24H27F2N3O5S. The van der Waals surface area contributed by atoms with E-state index in [0.29, 0.717) is 0 Å². The first-order valence-corrected chi connectivity index (χ1v) is 13.1. The van der Waals surface area contributed by atoms with E-state index in [-0.39, 0.29) is 59.3 Å². The molecule has 8 nitrogen and oxygen atoms in total. The highest BCUT2D eigenvalue weighted by Gasteiger charge is 2.48. The lowest BCUT2D eigenvalue weighted by Gasteiger charge is -2.34. The largest absolute Gasteiger partial charge is 0.478 e. The van der Waals surface area contributed by atoms with Crippen LogP contribution in [0.15, 0.2) is 24.4 Å². The Bertz CT molecular complexity index is 1310. The van der Waals surface area contributed by atoms with Gasteiger partial charge in [-0.25, -0.2) is 22.2 Å². The van der Waals surface area contributed by atoms with Gasteiger partial charge in [0.25, 0.3) is 5.91 Å². The van der Waals surface area contributed by atoms with Gasteiger partial charge in [-0.2, -0.15) is 0 Å². The molecule has 2 aliphatic heterocycles. The molecule has 2 amide bonds. The Morgan fingerprint density at radius 2 is 1.80 bits per heavy atom. The van der Waals surface area contributed by atoms with Crippen molar-refractivity contribution in [1.82, 2.24) is 10.3 Å². The normalized spacial score (nSPS) is 19.8. The van der Waals surface area contributed by atoms with Gasteiger partial charge in [0.15, 0.2) is 5.82 Å². The number of carbonyl (C=O) groups is 2. The maximum Gasteiger partial charge on any atom is 0.251 e. The van der Waals surface area contributed by atoms with E-state index in [1.807, 2.05) is 0 Å². The zero-order chi connectivity index (χ0) is 25.8. The van der Waals surface area contributed by atoms with Crippen LogP contribution < -0.4 is 15.0 Å². The number of anilines is 2. The van der Waals surface area contributed by atoms with Crippen LogP contribution >= 0.6 is 0 Å². The number of rotatable bonds is 5. The van der Waals surface area contributed by atoms with Gasteiger partial charge in [0.1, 0.15) is 15.7 Å². The second kappa shape index (κ2) is 8.54.